The van der Waals surface area contributed by atoms with Gasteiger partial charge in [-0.25, -0.2) is 4.98 Å². The quantitative estimate of drug-likeness (QED) is 0.682. The zero-order valence-corrected chi connectivity index (χ0v) is 11.2. The lowest BCUT2D eigenvalue weighted by molar-refractivity contribution is 1.08. The van der Waals surface area contributed by atoms with Gasteiger partial charge in [0, 0.05) is 25.0 Å². The molecule has 0 saturated carbocycles. The van der Waals surface area contributed by atoms with Crippen LogP contribution in [0, 0.1) is 0 Å². The maximum atomic E-state index is 4.80. The van der Waals surface area contributed by atoms with Gasteiger partial charge in [0.15, 0.2) is 0 Å². The summed E-state index contributed by atoms with van der Waals surface area (Å²) in [6, 6.07) is 20.8. The molecule has 2 aromatic carbocycles. The molecule has 0 spiro atoms. The summed E-state index contributed by atoms with van der Waals surface area (Å²) < 4.78 is 0. The summed E-state index contributed by atoms with van der Waals surface area (Å²) in [6.07, 6.45) is 0. The molecule has 0 unspecified atom stereocenters. The van der Waals surface area contributed by atoms with Crippen molar-refractivity contribution in [2.75, 3.05) is 19.0 Å². The molecule has 94 valence electrons. The lowest BCUT2D eigenvalue weighted by Gasteiger charge is -2.16. The minimum absolute atomic E-state index is 1.01. The van der Waals surface area contributed by atoms with Crippen molar-refractivity contribution in [1.29, 1.82) is 0 Å². The summed E-state index contributed by atoms with van der Waals surface area (Å²) in [6.45, 7) is 0. The van der Waals surface area contributed by atoms with Crippen LogP contribution in [0.25, 0.3) is 22.0 Å². The Bertz CT molecular complexity index is 703. The molecular weight excluding hydrogens is 232 g/mol. The molecule has 0 aliphatic carbocycles. The summed E-state index contributed by atoms with van der Waals surface area (Å²) in [7, 11) is 4.06. The van der Waals surface area contributed by atoms with Crippen LogP contribution in [0.2, 0.25) is 0 Å². The van der Waals surface area contributed by atoms with Gasteiger partial charge in [-0.3, -0.25) is 0 Å². The predicted octanol–water partition coefficient (Wildman–Crippen LogP) is 3.97. The number of benzene rings is 2. The smallest absolute Gasteiger partial charge is 0.136 e. The van der Waals surface area contributed by atoms with Crippen molar-refractivity contribution in [3.05, 3.63) is 60.7 Å². The molecular formula is C17H16N2. The number of pyridine rings is 1. The molecule has 2 nitrogen and oxygen atoms in total. The first-order valence-corrected chi connectivity index (χ1v) is 6.38. The van der Waals surface area contributed by atoms with Crippen molar-refractivity contribution in [3.8, 4) is 11.3 Å². The molecule has 3 rings (SSSR count). The number of anilines is 1. The van der Waals surface area contributed by atoms with Gasteiger partial charge >= 0.3 is 0 Å². The Morgan fingerprint density at radius 1 is 0.842 bits per heavy atom. The van der Waals surface area contributed by atoms with Crippen molar-refractivity contribution >= 4 is 16.6 Å². The van der Waals surface area contributed by atoms with Crippen LogP contribution < -0.4 is 4.90 Å². The van der Waals surface area contributed by atoms with Gasteiger partial charge in [-0.05, 0) is 11.5 Å². The zero-order chi connectivity index (χ0) is 13.2. The molecule has 0 amide bonds. The van der Waals surface area contributed by atoms with E-state index in [1.807, 2.05) is 32.3 Å². The molecule has 0 aliphatic rings. The van der Waals surface area contributed by atoms with Crippen LogP contribution in [0.15, 0.2) is 60.7 Å². The van der Waals surface area contributed by atoms with E-state index in [-0.39, 0.29) is 0 Å². The van der Waals surface area contributed by atoms with Gasteiger partial charge in [0.2, 0.25) is 0 Å². The van der Waals surface area contributed by atoms with E-state index in [9.17, 15) is 0 Å². The number of hydrogen-bond acceptors (Lipinski definition) is 2. The van der Waals surface area contributed by atoms with Gasteiger partial charge in [0.05, 0.1) is 5.69 Å². The highest BCUT2D eigenvalue weighted by molar-refractivity contribution is 5.94. The first kappa shape index (κ1) is 11.7. The summed E-state index contributed by atoms with van der Waals surface area (Å²) in [5.41, 5.74) is 2.17. The number of aromatic nitrogens is 1. The molecule has 0 aliphatic heterocycles. The standard InChI is InChI=1S/C17H16N2/c1-19(2)17-15-11-7-6-10-14(15)12-16(18-17)13-8-4-3-5-9-13/h3-12H,1-2H3. The fraction of sp³-hybridized carbons (Fsp3) is 0.118. The Balaban J connectivity index is 2.28. The second kappa shape index (κ2) is 4.73. The Labute approximate surface area is 113 Å². The van der Waals surface area contributed by atoms with Crippen LogP contribution in [0.5, 0.6) is 0 Å². The van der Waals surface area contributed by atoms with Crippen LogP contribution in [0.1, 0.15) is 0 Å². The Morgan fingerprint density at radius 2 is 1.53 bits per heavy atom. The van der Waals surface area contributed by atoms with Gasteiger partial charge < -0.3 is 4.90 Å². The summed E-state index contributed by atoms with van der Waals surface area (Å²) in [5.74, 6) is 1.01. The van der Waals surface area contributed by atoms with Crippen LogP contribution in [-0.2, 0) is 0 Å². The van der Waals surface area contributed by atoms with Gasteiger partial charge in [-0.2, -0.15) is 0 Å². The van der Waals surface area contributed by atoms with E-state index in [0.717, 1.165) is 17.1 Å². The van der Waals surface area contributed by atoms with Crippen molar-refractivity contribution < 1.29 is 0 Å². The van der Waals surface area contributed by atoms with Crippen molar-refractivity contribution in [1.82, 2.24) is 4.98 Å². The predicted molar refractivity (Wildman–Crippen MR) is 81.5 cm³/mol. The van der Waals surface area contributed by atoms with E-state index in [4.69, 9.17) is 4.98 Å². The van der Waals surface area contributed by atoms with Crippen molar-refractivity contribution in [2.45, 2.75) is 0 Å². The third-order valence-electron chi connectivity index (χ3n) is 3.21. The lowest BCUT2D eigenvalue weighted by atomic mass is 10.1. The highest BCUT2D eigenvalue weighted by atomic mass is 15.1. The van der Waals surface area contributed by atoms with E-state index in [2.05, 4.69) is 47.4 Å². The molecule has 3 aromatic rings. The second-order valence-electron chi connectivity index (χ2n) is 4.81. The number of nitrogens with zero attached hydrogens (tertiary/aromatic N) is 2. The summed E-state index contributed by atoms with van der Waals surface area (Å²) >= 11 is 0. The number of rotatable bonds is 2. The fourth-order valence-corrected chi connectivity index (χ4v) is 2.28. The third-order valence-corrected chi connectivity index (χ3v) is 3.21. The van der Waals surface area contributed by atoms with E-state index in [0.29, 0.717) is 0 Å². The minimum atomic E-state index is 1.01. The van der Waals surface area contributed by atoms with E-state index in [1.54, 1.807) is 0 Å². The van der Waals surface area contributed by atoms with Crippen molar-refractivity contribution in [3.63, 3.8) is 0 Å². The van der Waals surface area contributed by atoms with E-state index in [1.165, 1.54) is 10.8 Å². The van der Waals surface area contributed by atoms with Crippen LogP contribution in [0.4, 0.5) is 5.82 Å². The fourth-order valence-electron chi connectivity index (χ4n) is 2.28. The topological polar surface area (TPSA) is 16.1 Å². The Hall–Kier alpha value is -2.35. The maximum Gasteiger partial charge on any atom is 0.136 e. The first-order valence-electron chi connectivity index (χ1n) is 6.38. The van der Waals surface area contributed by atoms with Crippen LogP contribution in [0.3, 0.4) is 0 Å². The number of hydrogen-bond donors (Lipinski definition) is 0. The normalized spacial score (nSPS) is 10.6. The van der Waals surface area contributed by atoms with Gasteiger partial charge in [0.1, 0.15) is 5.82 Å². The zero-order valence-electron chi connectivity index (χ0n) is 11.2. The Kier molecular flexibility index (Phi) is 2.92. The molecule has 0 atom stereocenters. The molecule has 0 saturated heterocycles. The molecule has 0 bridgehead atoms. The van der Waals surface area contributed by atoms with E-state index >= 15 is 0 Å². The lowest BCUT2D eigenvalue weighted by Crippen LogP contribution is -2.11. The monoisotopic (exact) mass is 248 g/mol. The SMILES string of the molecule is CN(C)c1nc(-c2ccccc2)cc2ccccc12. The minimum Gasteiger partial charge on any atom is -0.362 e. The van der Waals surface area contributed by atoms with Crippen molar-refractivity contribution in [2.24, 2.45) is 0 Å². The van der Waals surface area contributed by atoms with Gasteiger partial charge in [0.25, 0.3) is 0 Å². The number of fused-ring (bicyclic) bond motifs is 1. The van der Waals surface area contributed by atoms with Gasteiger partial charge in [-0.1, -0.05) is 54.6 Å². The molecule has 1 aromatic heterocycles. The largest absolute Gasteiger partial charge is 0.362 e. The average Bonchev–Trinajstić information content (AvgIpc) is 2.47. The molecule has 19 heavy (non-hydrogen) atoms. The molecule has 0 radical (unpaired) electrons. The summed E-state index contributed by atoms with van der Waals surface area (Å²) in [4.78, 5) is 6.86. The van der Waals surface area contributed by atoms with Crippen LogP contribution in [-0.4, -0.2) is 19.1 Å². The van der Waals surface area contributed by atoms with Crippen LogP contribution >= 0.6 is 0 Å². The van der Waals surface area contributed by atoms with E-state index < -0.39 is 0 Å². The third kappa shape index (κ3) is 2.17. The molecule has 2 heteroatoms. The Morgan fingerprint density at radius 3 is 2.26 bits per heavy atom. The highest BCUT2D eigenvalue weighted by Gasteiger charge is 2.08. The molecule has 0 fully saturated rings. The highest BCUT2D eigenvalue weighted by Crippen LogP contribution is 2.28. The summed E-state index contributed by atoms with van der Waals surface area (Å²) in [5, 5.41) is 2.41. The molecule has 1 heterocycles. The maximum absolute atomic E-state index is 4.80. The first-order chi connectivity index (χ1) is 9.25. The second-order valence-corrected chi connectivity index (χ2v) is 4.81. The average molecular weight is 248 g/mol. The van der Waals surface area contributed by atoms with Gasteiger partial charge in [-0.15, -0.1) is 0 Å². The molecule has 0 N–H and O–H groups in total.